The summed E-state index contributed by atoms with van der Waals surface area (Å²) in [5, 5.41) is 25.3. The molecule has 3 aromatic rings. The minimum Gasteiger partial charge on any atom is -0.478 e. The second-order valence-corrected chi connectivity index (χ2v) is 10.4. The van der Waals surface area contributed by atoms with E-state index >= 15 is 4.39 Å². The van der Waals surface area contributed by atoms with Gasteiger partial charge in [0.05, 0.1) is 11.7 Å². The van der Waals surface area contributed by atoms with Crippen LogP contribution in [0.1, 0.15) is 53.3 Å². The van der Waals surface area contributed by atoms with Crippen molar-refractivity contribution in [1.29, 1.82) is 0 Å². The number of rotatable bonds is 8. The number of fused-ring (bicyclic) bond motifs is 1. The standard InChI is InChI=1S/C29H28ClF3N2O5/c30-19-11-13-20-24(23(19)22-18(27(34)38)10-12-21(25(22)31)39-28(32)33)26(37)29(40-20,15-4-2-1-3-5-15)14-35-16-6-8-17(36)9-7-16/h1-5,10-13,16-17,26,28,35-37H,6-9,14H2,(H2,34,38)/t16-,17+,26-,29+/m0/s1. The number of alkyl halides is 2. The lowest BCUT2D eigenvalue weighted by atomic mass is 9.82. The van der Waals surface area contributed by atoms with Crippen LogP contribution in [0.3, 0.4) is 0 Å². The van der Waals surface area contributed by atoms with Gasteiger partial charge in [-0.15, -0.1) is 0 Å². The number of benzene rings is 3. The number of nitrogens with one attached hydrogen (secondary N) is 1. The quantitative estimate of drug-likeness (QED) is 0.298. The molecule has 0 unspecified atom stereocenters. The minimum atomic E-state index is -3.33. The summed E-state index contributed by atoms with van der Waals surface area (Å²) in [7, 11) is 0. The molecule has 7 nitrogen and oxygen atoms in total. The third kappa shape index (κ3) is 5.12. The molecule has 1 fully saturated rings. The molecule has 40 heavy (non-hydrogen) atoms. The van der Waals surface area contributed by atoms with E-state index in [-0.39, 0.29) is 46.2 Å². The maximum absolute atomic E-state index is 15.8. The van der Waals surface area contributed by atoms with E-state index in [1.54, 1.807) is 24.3 Å². The van der Waals surface area contributed by atoms with Gasteiger partial charge in [-0.05, 0) is 55.5 Å². The zero-order valence-corrected chi connectivity index (χ0v) is 22.0. The highest BCUT2D eigenvalue weighted by molar-refractivity contribution is 6.34. The third-order valence-electron chi connectivity index (χ3n) is 7.61. The van der Waals surface area contributed by atoms with E-state index in [1.165, 1.54) is 12.1 Å². The van der Waals surface area contributed by atoms with Crippen LogP contribution in [0.2, 0.25) is 5.02 Å². The molecular weight excluding hydrogens is 549 g/mol. The molecule has 1 aliphatic carbocycles. The summed E-state index contributed by atoms with van der Waals surface area (Å²) < 4.78 is 52.6. The molecule has 5 N–H and O–H groups in total. The summed E-state index contributed by atoms with van der Waals surface area (Å²) in [5.41, 5.74) is 3.91. The van der Waals surface area contributed by atoms with E-state index in [0.717, 1.165) is 25.0 Å². The Hall–Kier alpha value is -3.31. The van der Waals surface area contributed by atoms with Gasteiger partial charge in [-0.25, -0.2) is 4.39 Å². The van der Waals surface area contributed by atoms with Crippen LogP contribution in [0.5, 0.6) is 11.5 Å². The minimum absolute atomic E-state index is 0.0601. The maximum Gasteiger partial charge on any atom is 0.387 e. The normalized spacial score (nSPS) is 24.0. The number of aliphatic hydroxyl groups excluding tert-OH is 2. The summed E-state index contributed by atoms with van der Waals surface area (Å²) >= 11 is 6.55. The number of amides is 1. The van der Waals surface area contributed by atoms with Gasteiger partial charge >= 0.3 is 6.61 Å². The van der Waals surface area contributed by atoms with Crippen molar-refractivity contribution in [1.82, 2.24) is 5.32 Å². The highest BCUT2D eigenvalue weighted by Crippen LogP contribution is 2.55. The zero-order chi connectivity index (χ0) is 28.6. The first-order chi connectivity index (χ1) is 19.1. The van der Waals surface area contributed by atoms with Gasteiger partial charge in [-0.1, -0.05) is 41.9 Å². The number of primary amides is 1. The Morgan fingerprint density at radius 2 is 1.77 bits per heavy atom. The van der Waals surface area contributed by atoms with E-state index in [9.17, 15) is 23.8 Å². The molecule has 1 amide bonds. The molecule has 0 spiro atoms. The molecule has 2 atom stereocenters. The van der Waals surface area contributed by atoms with Crippen molar-refractivity contribution < 1.29 is 37.7 Å². The van der Waals surface area contributed by atoms with Crippen LogP contribution < -0.4 is 20.5 Å². The second-order valence-electron chi connectivity index (χ2n) is 10.0. The number of nitrogens with two attached hydrogens (primary N) is 1. The van der Waals surface area contributed by atoms with E-state index in [2.05, 4.69) is 10.1 Å². The first kappa shape index (κ1) is 28.2. The lowest BCUT2D eigenvalue weighted by molar-refractivity contribution is -0.0521. The Kier molecular flexibility index (Phi) is 7.96. The number of aliphatic hydroxyl groups is 2. The summed E-state index contributed by atoms with van der Waals surface area (Å²) in [6, 6.07) is 13.9. The molecule has 3 aromatic carbocycles. The molecule has 0 radical (unpaired) electrons. The van der Waals surface area contributed by atoms with Crippen LogP contribution >= 0.6 is 11.6 Å². The van der Waals surface area contributed by atoms with Crippen molar-refractivity contribution >= 4 is 17.5 Å². The molecule has 0 aromatic heterocycles. The number of carbonyl (C=O) groups is 1. The first-order valence-electron chi connectivity index (χ1n) is 12.9. The molecule has 0 saturated heterocycles. The molecule has 5 rings (SSSR count). The second kappa shape index (κ2) is 11.3. The molecule has 0 bridgehead atoms. The summed E-state index contributed by atoms with van der Waals surface area (Å²) in [6.07, 6.45) is 0.978. The van der Waals surface area contributed by atoms with Crippen molar-refractivity contribution in [3.63, 3.8) is 0 Å². The van der Waals surface area contributed by atoms with Crippen LogP contribution in [0.25, 0.3) is 11.1 Å². The van der Waals surface area contributed by atoms with Crippen LogP contribution in [0.4, 0.5) is 13.2 Å². The number of ether oxygens (including phenoxy) is 2. The fourth-order valence-corrected chi connectivity index (χ4v) is 5.87. The number of carbonyl (C=O) groups excluding carboxylic acids is 1. The molecule has 2 aliphatic rings. The van der Waals surface area contributed by atoms with Crippen LogP contribution in [-0.4, -0.2) is 41.4 Å². The van der Waals surface area contributed by atoms with Gasteiger partial charge in [0.15, 0.2) is 17.2 Å². The van der Waals surface area contributed by atoms with E-state index in [4.69, 9.17) is 22.1 Å². The zero-order valence-electron chi connectivity index (χ0n) is 21.2. The smallest absolute Gasteiger partial charge is 0.387 e. The Balaban J connectivity index is 1.64. The van der Waals surface area contributed by atoms with Gasteiger partial charge in [0, 0.05) is 34.3 Å². The van der Waals surface area contributed by atoms with Gasteiger partial charge in [-0.2, -0.15) is 8.78 Å². The van der Waals surface area contributed by atoms with Gasteiger partial charge in [0.25, 0.3) is 0 Å². The Morgan fingerprint density at radius 1 is 1.07 bits per heavy atom. The fraction of sp³-hybridized carbons (Fsp3) is 0.345. The predicted octanol–water partition coefficient (Wildman–Crippen LogP) is 5.06. The van der Waals surface area contributed by atoms with Crippen LogP contribution in [0.15, 0.2) is 54.6 Å². The fourth-order valence-electron chi connectivity index (χ4n) is 5.62. The van der Waals surface area contributed by atoms with Crippen molar-refractivity contribution in [2.45, 2.75) is 56.1 Å². The van der Waals surface area contributed by atoms with Gasteiger partial charge < -0.3 is 30.7 Å². The molecule has 1 heterocycles. The van der Waals surface area contributed by atoms with Gasteiger partial charge in [-0.3, -0.25) is 4.79 Å². The molecule has 11 heteroatoms. The predicted molar refractivity (Wildman–Crippen MR) is 142 cm³/mol. The number of halogens is 4. The Bertz CT molecular complexity index is 1400. The first-order valence-corrected chi connectivity index (χ1v) is 13.2. The average Bonchev–Trinajstić information content (AvgIpc) is 3.22. The Labute approximate surface area is 233 Å². The van der Waals surface area contributed by atoms with Gasteiger partial charge in [0.1, 0.15) is 11.9 Å². The van der Waals surface area contributed by atoms with Crippen LogP contribution in [-0.2, 0) is 5.60 Å². The highest BCUT2D eigenvalue weighted by Gasteiger charge is 2.51. The molecule has 1 saturated carbocycles. The van der Waals surface area contributed by atoms with Crippen molar-refractivity contribution in [2.24, 2.45) is 5.73 Å². The third-order valence-corrected chi connectivity index (χ3v) is 7.93. The summed E-state index contributed by atoms with van der Waals surface area (Å²) in [4.78, 5) is 12.3. The largest absolute Gasteiger partial charge is 0.478 e. The van der Waals surface area contributed by atoms with Crippen molar-refractivity contribution in [3.8, 4) is 22.6 Å². The number of hydrogen-bond donors (Lipinski definition) is 4. The van der Waals surface area contributed by atoms with E-state index in [1.807, 2.05) is 6.07 Å². The SMILES string of the molecule is NC(=O)c1ccc(OC(F)F)c(F)c1-c1c(Cl)ccc2c1[C@H](O)[C@@](CN[C@H]1CC[C@@H](O)CC1)(c1ccccc1)O2. The van der Waals surface area contributed by atoms with E-state index < -0.39 is 41.4 Å². The highest BCUT2D eigenvalue weighted by atomic mass is 35.5. The monoisotopic (exact) mass is 576 g/mol. The lowest BCUT2D eigenvalue weighted by Gasteiger charge is -2.36. The average molecular weight is 577 g/mol. The topological polar surface area (TPSA) is 114 Å². The van der Waals surface area contributed by atoms with Gasteiger partial charge in [0.2, 0.25) is 5.91 Å². The number of hydrogen-bond acceptors (Lipinski definition) is 6. The van der Waals surface area contributed by atoms with E-state index in [0.29, 0.717) is 18.4 Å². The molecule has 1 aliphatic heterocycles. The Morgan fingerprint density at radius 3 is 2.42 bits per heavy atom. The summed E-state index contributed by atoms with van der Waals surface area (Å²) in [6.45, 7) is -3.19. The maximum atomic E-state index is 15.8. The van der Waals surface area contributed by atoms with Crippen molar-refractivity contribution in [3.05, 3.63) is 82.1 Å². The molecule has 212 valence electrons. The van der Waals surface area contributed by atoms with Crippen molar-refractivity contribution in [2.75, 3.05) is 6.54 Å². The summed E-state index contributed by atoms with van der Waals surface area (Å²) in [5.74, 6) is -2.95. The molecular formula is C29H28ClF3N2O5. The lowest BCUT2D eigenvalue weighted by Crippen LogP contribution is -2.48. The van der Waals surface area contributed by atoms with Crippen LogP contribution in [0, 0.1) is 5.82 Å².